The first-order chi connectivity index (χ1) is 9.83. The van der Waals surface area contributed by atoms with E-state index in [-0.39, 0.29) is 17.9 Å². The van der Waals surface area contributed by atoms with Crippen molar-refractivity contribution in [1.29, 1.82) is 0 Å². The van der Waals surface area contributed by atoms with Crippen LogP contribution in [0.15, 0.2) is 18.2 Å². The number of hydrogen-bond acceptors (Lipinski definition) is 4. The number of nitrogens with one attached hydrogen (secondary N) is 1. The molecule has 1 saturated heterocycles. The highest BCUT2D eigenvalue weighted by atomic mass is 32.2. The number of carboxylic acid groups (broad SMARTS) is 1. The zero-order valence-corrected chi connectivity index (χ0v) is 11.8. The highest BCUT2D eigenvalue weighted by molar-refractivity contribution is 7.92. The topological polar surface area (TPSA) is 101 Å². The molecule has 1 atom stereocenters. The second-order valence-electron chi connectivity index (χ2n) is 4.81. The molecule has 1 aromatic carbocycles. The molecular weight excluding hydrogens is 301 g/mol. The van der Waals surface area contributed by atoms with Crippen LogP contribution in [0, 0.1) is 5.82 Å². The highest BCUT2D eigenvalue weighted by Gasteiger charge is 2.35. The number of carbonyl (C=O) groups excluding carboxylic acids is 1. The van der Waals surface area contributed by atoms with Gasteiger partial charge in [-0.2, -0.15) is 0 Å². The molecule has 0 saturated carbocycles. The van der Waals surface area contributed by atoms with E-state index >= 15 is 0 Å². The number of amides is 1. The Balaban J connectivity index is 2.28. The number of anilines is 1. The van der Waals surface area contributed by atoms with Crippen molar-refractivity contribution in [3.8, 4) is 0 Å². The van der Waals surface area contributed by atoms with Crippen LogP contribution in [0.5, 0.6) is 0 Å². The Morgan fingerprint density at radius 3 is 2.62 bits per heavy atom. The predicted octanol–water partition coefficient (Wildman–Crippen LogP) is 1.43. The van der Waals surface area contributed by atoms with E-state index in [4.69, 9.17) is 5.11 Å². The fraction of sp³-hybridized carbons (Fsp3) is 0.385. The average molecular weight is 315 g/mol. The summed E-state index contributed by atoms with van der Waals surface area (Å²) in [6, 6.07) is 3.42. The van der Waals surface area contributed by atoms with Gasteiger partial charge in [0, 0.05) is 0 Å². The fourth-order valence-electron chi connectivity index (χ4n) is 2.31. The third kappa shape index (κ3) is 3.21. The van der Waals surface area contributed by atoms with E-state index in [1.807, 2.05) is 0 Å². The number of benzene rings is 1. The maximum absolute atomic E-state index is 13.5. The Bertz CT molecular complexity index is 686. The van der Waals surface area contributed by atoms with Crippen LogP contribution in [0.3, 0.4) is 0 Å². The van der Waals surface area contributed by atoms with Crippen molar-refractivity contribution in [1.82, 2.24) is 0 Å². The number of carboxylic acids is 1. The standard InChI is InChI=1S/C13H14FNO5S/c14-8-4-3-5-9(11(8)13(17)18)15-12(16)10-6-1-2-7-21(10,19)20/h3-5,10H,1-2,6-7H2,(H,15,16)(H,17,18). The van der Waals surface area contributed by atoms with Crippen molar-refractivity contribution in [2.24, 2.45) is 0 Å². The van der Waals surface area contributed by atoms with Crippen molar-refractivity contribution in [3.63, 3.8) is 0 Å². The number of halogens is 1. The SMILES string of the molecule is O=C(O)c1c(F)cccc1NC(=O)C1CCCCS1(=O)=O. The van der Waals surface area contributed by atoms with Crippen LogP contribution in [0.2, 0.25) is 0 Å². The van der Waals surface area contributed by atoms with Gasteiger partial charge in [0.05, 0.1) is 11.4 Å². The van der Waals surface area contributed by atoms with E-state index < -0.39 is 38.3 Å². The Morgan fingerprint density at radius 1 is 1.29 bits per heavy atom. The summed E-state index contributed by atoms with van der Waals surface area (Å²) in [7, 11) is -3.54. The normalized spacial score (nSPS) is 20.7. The van der Waals surface area contributed by atoms with Crippen molar-refractivity contribution in [2.75, 3.05) is 11.1 Å². The van der Waals surface area contributed by atoms with Crippen LogP contribution in [0.25, 0.3) is 0 Å². The first kappa shape index (κ1) is 15.4. The van der Waals surface area contributed by atoms with E-state index in [0.29, 0.717) is 12.8 Å². The Labute approximate surface area is 120 Å². The molecule has 1 heterocycles. The average Bonchev–Trinajstić information content (AvgIpc) is 2.37. The molecular formula is C13H14FNO5S. The summed E-state index contributed by atoms with van der Waals surface area (Å²) < 4.78 is 37.2. The lowest BCUT2D eigenvalue weighted by molar-refractivity contribution is -0.116. The first-order valence-corrected chi connectivity index (χ1v) is 8.08. The van der Waals surface area contributed by atoms with Crippen LogP contribution in [0.4, 0.5) is 10.1 Å². The van der Waals surface area contributed by atoms with E-state index in [2.05, 4.69) is 5.32 Å². The molecule has 1 amide bonds. The van der Waals surface area contributed by atoms with Gasteiger partial charge in [0.2, 0.25) is 5.91 Å². The lowest BCUT2D eigenvalue weighted by atomic mass is 10.1. The summed E-state index contributed by atoms with van der Waals surface area (Å²) in [5.74, 6) is -3.41. The lowest BCUT2D eigenvalue weighted by Crippen LogP contribution is -2.39. The zero-order chi connectivity index (χ0) is 15.6. The predicted molar refractivity (Wildman–Crippen MR) is 73.4 cm³/mol. The lowest BCUT2D eigenvalue weighted by Gasteiger charge is -2.21. The molecule has 0 spiro atoms. The van der Waals surface area contributed by atoms with Gasteiger partial charge in [0.1, 0.15) is 16.6 Å². The number of hydrogen-bond donors (Lipinski definition) is 2. The van der Waals surface area contributed by atoms with Crippen LogP contribution < -0.4 is 5.32 Å². The van der Waals surface area contributed by atoms with Gasteiger partial charge in [-0.15, -0.1) is 0 Å². The molecule has 2 N–H and O–H groups in total. The highest BCUT2D eigenvalue weighted by Crippen LogP contribution is 2.23. The van der Waals surface area contributed by atoms with E-state index in [0.717, 1.165) is 6.07 Å². The van der Waals surface area contributed by atoms with E-state index in [1.54, 1.807) is 0 Å². The third-order valence-corrected chi connectivity index (χ3v) is 5.53. The van der Waals surface area contributed by atoms with Gasteiger partial charge in [0.15, 0.2) is 9.84 Å². The summed E-state index contributed by atoms with van der Waals surface area (Å²) in [4.78, 5) is 23.1. The van der Waals surface area contributed by atoms with Crippen molar-refractivity contribution in [2.45, 2.75) is 24.5 Å². The Hall–Kier alpha value is -1.96. The summed E-state index contributed by atoms with van der Waals surface area (Å²) in [5.41, 5.74) is -0.924. The maximum atomic E-state index is 13.5. The molecule has 21 heavy (non-hydrogen) atoms. The summed E-state index contributed by atoms with van der Waals surface area (Å²) >= 11 is 0. The number of sulfone groups is 1. The molecule has 6 nitrogen and oxygen atoms in total. The first-order valence-electron chi connectivity index (χ1n) is 6.37. The molecule has 1 aromatic rings. The van der Waals surface area contributed by atoms with Gasteiger partial charge in [0.25, 0.3) is 0 Å². The van der Waals surface area contributed by atoms with Gasteiger partial charge < -0.3 is 10.4 Å². The molecule has 1 aliphatic rings. The molecule has 0 bridgehead atoms. The van der Waals surface area contributed by atoms with Crippen LogP contribution in [0.1, 0.15) is 29.6 Å². The zero-order valence-electron chi connectivity index (χ0n) is 11.0. The summed E-state index contributed by atoms with van der Waals surface area (Å²) in [5, 5.41) is 9.97. The van der Waals surface area contributed by atoms with Crippen molar-refractivity contribution < 1.29 is 27.5 Å². The van der Waals surface area contributed by atoms with Crippen LogP contribution in [-0.4, -0.2) is 36.4 Å². The van der Waals surface area contributed by atoms with Crippen LogP contribution >= 0.6 is 0 Å². The Kier molecular flexibility index (Phi) is 4.26. The fourth-order valence-corrected chi connectivity index (χ4v) is 4.11. The third-order valence-electron chi connectivity index (χ3n) is 3.36. The maximum Gasteiger partial charge on any atom is 0.340 e. The van der Waals surface area contributed by atoms with Gasteiger partial charge in [-0.25, -0.2) is 17.6 Å². The van der Waals surface area contributed by atoms with Gasteiger partial charge >= 0.3 is 5.97 Å². The monoisotopic (exact) mass is 315 g/mol. The van der Waals surface area contributed by atoms with Crippen LogP contribution in [-0.2, 0) is 14.6 Å². The molecule has 1 fully saturated rings. The minimum atomic E-state index is -3.54. The second kappa shape index (κ2) is 5.80. The number of rotatable bonds is 3. The summed E-state index contributed by atoms with van der Waals surface area (Å²) in [6.07, 6.45) is 1.30. The minimum Gasteiger partial charge on any atom is -0.478 e. The smallest absolute Gasteiger partial charge is 0.340 e. The van der Waals surface area contributed by atoms with Gasteiger partial charge in [-0.1, -0.05) is 12.5 Å². The second-order valence-corrected chi connectivity index (χ2v) is 7.11. The van der Waals surface area contributed by atoms with Gasteiger partial charge in [-0.3, -0.25) is 4.79 Å². The molecule has 8 heteroatoms. The molecule has 2 rings (SSSR count). The molecule has 0 aromatic heterocycles. The number of carbonyl (C=O) groups is 2. The molecule has 114 valence electrons. The molecule has 0 radical (unpaired) electrons. The minimum absolute atomic E-state index is 0.0694. The summed E-state index contributed by atoms with van der Waals surface area (Å²) in [6.45, 7) is 0. The quantitative estimate of drug-likeness (QED) is 0.879. The van der Waals surface area contributed by atoms with E-state index in [1.165, 1.54) is 12.1 Å². The number of aromatic carboxylic acids is 1. The van der Waals surface area contributed by atoms with Crippen molar-refractivity contribution >= 4 is 27.4 Å². The van der Waals surface area contributed by atoms with Gasteiger partial charge in [-0.05, 0) is 25.0 Å². The molecule has 1 unspecified atom stereocenters. The molecule has 0 aliphatic carbocycles. The van der Waals surface area contributed by atoms with E-state index in [9.17, 15) is 22.4 Å². The largest absolute Gasteiger partial charge is 0.478 e. The van der Waals surface area contributed by atoms with Crippen molar-refractivity contribution in [3.05, 3.63) is 29.6 Å². The molecule has 1 aliphatic heterocycles. The Morgan fingerprint density at radius 2 is 2.00 bits per heavy atom.